The molecule has 2 aromatic heterocycles. The van der Waals surface area contributed by atoms with Crippen LogP contribution in [0.2, 0.25) is 0 Å². The number of anilines is 1. The summed E-state index contributed by atoms with van der Waals surface area (Å²) in [5.74, 6) is 0.153. The molecule has 0 spiro atoms. The highest BCUT2D eigenvalue weighted by atomic mass is 32.1. The average Bonchev–Trinajstić information content (AvgIpc) is 3.46. The minimum atomic E-state index is -0.00694. The van der Waals surface area contributed by atoms with E-state index in [1.807, 2.05) is 47.3 Å². The molecule has 0 unspecified atom stereocenters. The second-order valence-electron chi connectivity index (χ2n) is 7.55. The summed E-state index contributed by atoms with van der Waals surface area (Å²) < 4.78 is 1.96. The lowest BCUT2D eigenvalue weighted by Gasteiger charge is -2.32. The Kier molecular flexibility index (Phi) is 6.24. The Hall–Kier alpha value is -2.67. The molecule has 29 heavy (non-hydrogen) atoms. The van der Waals surface area contributed by atoms with E-state index in [0.29, 0.717) is 6.54 Å². The van der Waals surface area contributed by atoms with Crippen LogP contribution in [0.25, 0.3) is 5.13 Å². The number of nitrogens with one attached hydrogen (secondary N) is 1. The fourth-order valence-electron chi connectivity index (χ4n) is 3.78. The third-order valence-corrected chi connectivity index (χ3v) is 6.45. The molecule has 1 fully saturated rings. The van der Waals surface area contributed by atoms with Crippen molar-refractivity contribution in [2.45, 2.75) is 38.6 Å². The van der Waals surface area contributed by atoms with Crippen LogP contribution in [-0.2, 0) is 11.2 Å². The maximum atomic E-state index is 13.0. The molecule has 4 rings (SSSR count). The predicted octanol–water partition coefficient (Wildman–Crippen LogP) is 3.68. The lowest BCUT2D eigenvalue weighted by Crippen LogP contribution is -2.46. The molecule has 1 saturated heterocycles. The summed E-state index contributed by atoms with van der Waals surface area (Å²) in [7, 11) is 0. The molecular weight excluding hydrogens is 382 g/mol. The average molecular weight is 410 g/mol. The molecule has 1 aromatic carbocycles. The van der Waals surface area contributed by atoms with Gasteiger partial charge in [-0.25, -0.2) is 0 Å². The summed E-state index contributed by atoms with van der Waals surface area (Å²) in [5.41, 5.74) is 1.26. The Morgan fingerprint density at radius 1 is 1.17 bits per heavy atom. The Labute approximate surface area is 175 Å². The third-order valence-electron chi connectivity index (χ3n) is 5.46. The molecule has 6 nitrogen and oxygen atoms in total. The van der Waals surface area contributed by atoms with Gasteiger partial charge >= 0.3 is 0 Å². The summed E-state index contributed by atoms with van der Waals surface area (Å²) in [6.07, 6.45) is 7.64. The highest BCUT2D eigenvalue weighted by Crippen LogP contribution is 2.28. The van der Waals surface area contributed by atoms with Crippen molar-refractivity contribution in [1.82, 2.24) is 20.1 Å². The van der Waals surface area contributed by atoms with Crippen LogP contribution >= 0.6 is 11.3 Å². The number of hydrogen-bond acceptors (Lipinski definition) is 5. The van der Waals surface area contributed by atoms with Crippen molar-refractivity contribution in [3.63, 3.8) is 0 Å². The van der Waals surface area contributed by atoms with E-state index >= 15 is 0 Å². The molecular formula is C22H27N5OS. The monoisotopic (exact) mass is 409 g/mol. The lowest BCUT2D eigenvalue weighted by atomic mass is 9.96. The Morgan fingerprint density at radius 2 is 1.93 bits per heavy atom. The number of benzene rings is 1. The number of hydrogen-bond donors (Lipinski definition) is 1. The van der Waals surface area contributed by atoms with Gasteiger partial charge in [0.15, 0.2) is 0 Å². The first-order chi connectivity index (χ1) is 14.2. The molecule has 3 aromatic rings. The number of piperidine rings is 1. The van der Waals surface area contributed by atoms with Crippen LogP contribution in [0.1, 0.15) is 31.7 Å². The van der Waals surface area contributed by atoms with Gasteiger partial charge in [-0.15, -0.1) is 10.2 Å². The first-order valence-corrected chi connectivity index (χ1v) is 11.1. The van der Waals surface area contributed by atoms with Crippen molar-refractivity contribution < 1.29 is 4.79 Å². The van der Waals surface area contributed by atoms with E-state index in [0.717, 1.165) is 42.5 Å². The van der Waals surface area contributed by atoms with Crippen molar-refractivity contribution in [1.29, 1.82) is 0 Å². The lowest BCUT2D eigenvalue weighted by molar-refractivity contribution is -0.126. The molecule has 1 amide bonds. The molecule has 0 saturated carbocycles. The zero-order valence-electron chi connectivity index (χ0n) is 16.7. The minimum absolute atomic E-state index is 0.00694. The van der Waals surface area contributed by atoms with E-state index in [9.17, 15) is 4.79 Å². The summed E-state index contributed by atoms with van der Waals surface area (Å²) >= 11 is 1.57. The summed E-state index contributed by atoms with van der Waals surface area (Å²) in [6, 6.07) is 14.5. The third kappa shape index (κ3) is 4.85. The van der Waals surface area contributed by atoms with Crippen molar-refractivity contribution >= 4 is 22.4 Å². The van der Waals surface area contributed by atoms with Gasteiger partial charge in [0.2, 0.25) is 16.2 Å². The van der Waals surface area contributed by atoms with E-state index < -0.39 is 0 Å². The number of aromatic nitrogens is 3. The molecule has 1 N–H and O–H groups in total. The van der Waals surface area contributed by atoms with Gasteiger partial charge in [-0.3, -0.25) is 9.36 Å². The number of carbonyl (C=O) groups is 1. The fourth-order valence-corrected chi connectivity index (χ4v) is 4.63. The predicted molar refractivity (Wildman–Crippen MR) is 117 cm³/mol. The summed E-state index contributed by atoms with van der Waals surface area (Å²) in [4.78, 5) is 15.2. The molecule has 152 valence electrons. The molecule has 1 aliphatic heterocycles. The number of rotatable bonds is 7. The molecule has 1 aliphatic rings. The maximum Gasteiger partial charge on any atom is 0.225 e. The van der Waals surface area contributed by atoms with Crippen molar-refractivity contribution in [3.05, 3.63) is 60.4 Å². The van der Waals surface area contributed by atoms with Crippen LogP contribution in [0.15, 0.2) is 54.9 Å². The van der Waals surface area contributed by atoms with E-state index in [-0.39, 0.29) is 17.9 Å². The standard InChI is InChI=1S/C22H27N5OS/c1-2-19(15-17-9-4-3-5-10-17)23-20(28)18-11-8-14-27(16-18)22-25-24-21(29-22)26-12-6-7-13-26/h3-7,9-10,12-13,18-19H,2,8,11,14-16H2,1H3,(H,23,28)/t18-,19+/m0/s1. The quantitative estimate of drug-likeness (QED) is 0.647. The van der Waals surface area contributed by atoms with Crippen LogP contribution in [0.5, 0.6) is 0 Å². The van der Waals surface area contributed by atoms with Crippen LogP contribution in [0, 0.1) is 5.92 Å². The van der Waals surface area contributed by atoms with E-state index in [2.05, 4.69) is 39.5 Å². The summed E-state index contributed by atoms with van der Waals surface area (Å²) in [6.45, 7) is 3.75. The van der Waals surface area contributed by atoms with Gasteiger partial charge in [-0.05, 0) is 43.4 Å². The molecule has 0 radical (unpaired) electrons. The summed E-state index contributed by atoms with van der Waals surface area (Å²) in [5, 5.41) is 13.7. The second kappa shape index (κ2) is 9.22. The first kappa shape index (κ1) is 19.6. The molecule has 7 heteroatoms. The van der Waals surface area contributed by atoms with Crippen molar-refractivity contribution in [2.75, 3.05) is 18.0 Å². The van der Waals surface area contributed by atoms with Crippen LogP contribution in [-0.4, -0.2) is 39.8 Å². The van der Waals surface area contributed by atoms with Crippen LogP contribution in [0.4, 0.5) is 5.13 Å². The molecule has 2 atom stereocenters. The number of nitrogens with zero attached hydrogens (tertiary/aromatic N) is 4. The Balaban J connectivity index is 1.37. The van der Waals surface area contributed by atoms with Gasteiger partial charge in [0, 0.05) is 31.5 Å². The van der Waals surface area contributed by atoms with Crippen LogP contribution < -0.4 is 10.2 Å². The maximum absolute atomic E-state index is 13.0. The minimum Gasteiger partial charge on any atom is -0.353 e. The number of amides is 1. The zero-order valence-corrected chi connectivity index (χ0v) is 17.5. The fraction of sp³-hybridized carbons (Fsp3) is 0.409. The highest BCUT2D eigenvalue weighted by molar-refractivity contribution is 7.17. The SMILES string of the molecule is CC[C@H](Cc1ccccc1)NC(=O)[C@H]1CCCN(c2nnc(-n3cccc3)s2)C1. The zero-order chi connectivity index (χ0) is 20.1. The van der Waals surface area contributed by atoms with Gasteiger partial charge < -0.3 is 10.2 Å². The smallest absolute Gasteiger partial charge is 0.225 e. The van der Waals surface area contributed by atoms with Gasteiger partial charge in [0.1, 0.15) is 0 Å². The Bertz CT molecular complexity index is 908. The van der Waals surface area contributed by atoms with Gasteiger partial charge in [-0.1, -0.05) is 48.6 Å². The Morgan fingerprint density at radius 3 is 2.69 bits per heavy atom. The van der Waals surface area contributed by atoms with Crippen molar-refractivity contribution in [3.8, 4) is 5.13 Å². The molecule has 3 heterocycles. The van der Waals surface area contributed by atoms with E-state index in [4.69, 9.17) is 0 Å². The second-order valence-corrected chi connectivity index (χ2v) is 8.48. The van der Waals surface area contributed by atoms with Crippen LogP contribution in [0.3, 0.4) is 0 Å². The largest absolute Gasteiger partial charge is 0.353 e. The van der Waals surface area contributed by atoms with Gasteiger partial charge in [0.05, 0.1) is 5.92 Å². The van der Waals surface area contributed by atoms with Crippen molar-refractivity contribution in [2.24, 2.45) is 5.92 Å². The van der Waals surface area contributed by atoms with Gasteiger partial charge in [-0.2, -0.15) is 0 Å². The molecule has 0 bridgehead atoms. The topological polar surface area (TPSA) is 63.1 Å². The molecule has 0 aliphatic carbocycles. The first-order valence-electron chi connectivity index (χ1n) is 10.3. The van der Waals surface area contributed by atoms with E-state index in [1.165, 1.54) is 5.56 Å². The highest BCUT2D eigenvalue weighted by Gasteiger charge is 2.28. The number of carbonyl (C=O) groups excluding carboxylic acids is 1. The van der Waals surface area contributed by atoms with Gasteiger partial charge in [0.25, 0.3) is 0 Å². The van der Waals surface area contributed by atoms with E-state index in [1.54, 1.807) is 11.3 Å². The normalized spacial score (nSPS) is 17.8.